The summed E-state index contributed by atoms with van der Waals surface area (Å²) in [5, 5.41) is 0. The monoisotopic (exact) mass is 192 g/mol. The van der Waals surface area contributed by atoms with Gasteiger partial charge in [-0.3, -0.25) is 0 Å². The van der Waals surface area contributed by atoms with Crippen LogP contribution in [0.2, 0.25) is 0 Å². The fraction of sp³-hybridized carbons (Fsp3) is 0.769. The van der Waals surface area contributed by atoms with Crippen LogP contribution in [0, 0.1) is 23.2 Å². The van der Waals surface area contributed by atoms with E-state index in [1.807, 2.05) is 0 Å². The lowest BCUT2D eigenvalue weighted by Gasteiger charge is -2.29. The minimum absolute atomic E-state index is 0.213. The Hall–Kier alpha value is -0.590. The van der Waals surface area contributed by atoms with E-state index in [0.717, 1.165) is 24.0 Å². The summed E-state index contributed by atoms with van der Waals surface area (Å²) in [6.07, 6.45) is 10.5. The molecule has 0 aliphatic heterocycles. The van der Waals surface area contributed by atoms with Gasteiger partial charge in [0.1, 0.15) is 6.29 Å². The second-order valence-electron chi connectivity index (χ2n) is 5.78. The van der Waals surface area contributed by atoms with Crippen molar-refractivity contribution < 1.29 is 4.79 Å². The molecular formula is C13H20O. The summed E-state index contributed by atoms with van der Waals surface area (Å²) in [5.74, 6) is 2.53. The molecular weight excluding hydrogens is 172 g/mol. The predicted octanol–water partition coefficient (Wildman–Crippen LogP) is 3.20. The van der Waals surface area contributed by atoms with Crippen molar-refractivity contribution in [2.45, 2.75) is 39.5 Å². The third-order valence-corrected chi connectivity index (χ3v) is 3.87. The van der Waals surface area contributed by atoms with Crippen LogP contribution in [-0.2, 0) is 4.79 Å². The maximum atomic E-state index is 10.5. The Balaban J connectivity index is 1.92. The molecule has 78 valence electrons. The average Bonchev–Trinajstić information content (AvgIpc) is 2.63. The van der Waals surface area contributed by atoms with Gasteiger partial charge in [0.15, 0.2) is 0 Å². The number of fused-ring (bicyclic) bond motifs is 2. The summed E-state index contributed by atoms with van der Waals surface area (Å²) in [6, 6.07) is 0. The van der Waals surface area contributed by atoms with E-state index in [0.29, 0.717) is 6.42 Å². The van der Waals surface area contributed by atoms with Crippen molar-refractivity contribution in [1.82, 2.24) is 0 Å². The first-order chi connectivity index (χ1) is 6.61. The van der Waals surface area contributed by atoms with Gasteiger partial charge in [-0.15, -0.1) is 0 Å². The third-order valence-electron chi connectivity index (χ3n) is 3.87. The number of carbonyl (C=O) groups is 1. The van der Waals surface area contributed by atoms with Gasteiger partial charge in [-0.25, -0.2) is 0 Å². The number of allylic oxidation sites excluding steroid dienone is 2. The van der Waals surface area contributed by atoms with Crippen LogP contribution in [0.3, 0.4) is 0 Å². The van der Waals surface area contributed by atoms with Crippen LogP contribution in [0.15, 0.2) is 12.2 Å². The van der Waals surface area contributed by atoms with Crippen LogP contribution in [0.25, 0.3) is 0 Å². The lowest BCUT2D eigenvalue weighted by molar-refractivity contribution is -0.109. The molecule has 0 N–H and O–H groups in total. The summed E-state index contributed by atoms with van der Waals surface area (Å²) in [5.41, 5.74) is 0.213. The fourth-order valence-corrected chi connectivity index (χ4v) is 3.15. The lowest BCUT2D eigenvalue weighted by atomic mass is 9.76. The molecule has 2 aliphatic rings. The smallest absolute Gasteiger partial charge is 0.120 e. The van der Waals surface area contributed by atoms with Gasteiger partial charge < -0.3 is 4.79 Å². The Labute approximate surface area is 86.6 Å². The first kappa shape index (κ1) is 9.95. The maximum absolute atomic E-state index is 10.5. The Morgan fingerprint density at radius 2 is 2.14 bits per heavy atom. The van der Waals surface area contributed by atoms with E-state index in [9.17, 15) is 4.79 Å². The molecule has 0 saturated heterocycles. The Morgan fingerprint density at radius 3 is 2.64 bits per heavy atom. The summed E-state index contributed by atoms with van der Waals surface area (Å²) in [6.45, 7) is 4.44. The average molecular weight is 192 g/mol. The molecule has 0 spiro atoms. The van der Waals surface area contributed by atoms with Crippen molar-refractivity contribution >= 4 is 6.29 Å². The summed E-state index contributed by atoms with van der Waals surface area (Å²) < 4.78 is 0. The first-order valence-corrected chi connectivity index (χ1v) is 5.73. The third kappa shape index (κ3) is 1.92. The zero-order valence-corrected chi connectivity index (χ0v) is 9.20. The van der Waals surface area contributed by atoms with E-state index in [-0.39, 0.29) is 5.41 Å². The summed E-state index contributed by atoms with van der Waals surface area (Å²) >= 11 is 0. The second-order valence-corrected chi connectivity index (χ2v) is 5.78. The minimum atomic E-state index is 0.213. The molecule has 1 fully saturated rings. The van der Waals surface area contributed by atoms with Crippen LogP contribution < -0.4 is 0 Å². The van der Waals surface area contributed by atoms with Gasteiger partial charge in [-0.2, -0.15) is 0 Å². The second kappa shape index (κ2) is 3.52. The van der Waals surface area contributed by atoms with Crippen LogP contribution in [-0.4, -0.2) is 6.29 Å². The molecule has 2 rings (SSSR count). The van der Waals surface area contributed by atoms with E-state index in [1.165, 1.54) is 19.3 Å². The van der Waals surface area contributed by atoms with Crippen molar-refractivity contribution in [1.29, 1.82) is 0 Å². The number of hydrogen-bond acceptors (Lipinski definition) is 1. The largest absolute Gasteiger partial charge is 0.303 e. The van der Waals surface area contributed by atoms with Crippen molar-refractivity contribution in [3.63, 3.8) is 0 Å². The van der Waals surface area contributed by atoms with E-state index in [2.05, 4.69) is 26.0 Å². The zero-order chi connectivity index (χ0) is 10.2. The van der Waals surface area contributed by atoms with E-state index in [4.69, 9.17) is 0 Å². The molecule has 0 radical (unpaired) electrons. The molecule has 14 heavy (non-hydrogen) atoms. The van der Waals surface area contributed by atoms with Gasteiger partial charge in [0.25, 0.3) is 0 Å². The van der Waals surface area contributed by atoms with Gasteiger partial charge in [0.05, 0.1) is 0 Å². The van der Waals surface area contributed by atoms with Gasteiger partial charge in [-0.05, 0) is 42.4 Å². The minimum Gasteiger partial charge on any atom is -0.303 e. The molecule has 0 amide bonds. The Bertz CT molecular complexity index is 252. The number of carbonyl (C=O) groups excluding carboxylic acids is 1. The molecule has 1 saturated carbocycles. The molecule has 0 aromatic carbocycles. The van der Waals surface area contributed by atoms with Gasteiger partial charge >= 0.3 is 0 Å². The molecule has 0 aromatic rings. The van der Waals surface area contributed by atoms with Crippen LogP contribution >= 0.6 is 0 Å². The highest BCUT2D eigenvalue weighted by Crippen LogP contribution is 2.48. The fourth-order valence-electron chi connectivity index (χ4n) is 3.15. The molecule has 0 aromatic heterocycles. The van der Waals surface area contributed by atoms with E-state index >= 15 is 0 Å². The van der Waals surface area contributed by atoms with Gasteiger partial charge in [0, 0.05) is 6.42 Å². The number of aldehydes is 1. The molecule has 3 unspecified atom stereocenters. The number of hydrogen-bond donors (Lipinski definition) is 0. The highest BCUT2D eigenvalue weighted by Gasteiger charge is 2.38. The number of rotatable bonds is 4. The van der Waals surface area contributed by atoms with Crippen LogP contribution in [0.1, 0.15) is 39.5 Å². The predicted molar refractivity (Wildman–Crippen MR) is 57.9 cm³/mol. The van der Waals surface area contributed by atoms with Crippen molar-refractivity contribution in [3.8, 4) is 0 Å². The Morgan fingerprint density at radius 1 is 1.36 bits per heavy atom. The van der Waals surface area contributed by atoms with E-state index in [1.54, 1.807) is 0 Å². The highest BCUT2D eigenvalue weighted by atomic mass is 16.1. The zero-order valence-electron chi connectivity index (χ0n) is 9.20. The van der Waals surface area contributed by atoms with Crippen molar-refractivity contribution in [2.24, 2.45) is 23.2 Å². The molecule has 2 aliphatic carbocycles. The van der Waals surface area contributed by atoms with Crippen molar-refractivity contribution in [2.75, 3.05) is 0 Å². The van der Waals surface area contributed by atoms with Gasteiger partial charge in [-0.1, -0.05) is 26.0 Å². The topological polar surface area (TPSA) is 17.1 Å². The quantitative estimate of drug-likeness (QED) is 0.494. The van der Waals surface area contributed by atoms with Crippen LogP contribution in [0.4, 0.5) is 0 Å². The SMILES string of the molecule is CC(C)(CC=O)CC1CC2C=CC1C2. The molecule has 0 heterocycles. The van der Waals surface area contributed by atoms with Gasteiger partial charge in [0.2, 0.25) is 0 Å². The molecule has 3 atom stereocenters. The molecule has 2 bridgehead atoms. The summed E-state index contributed by atoms with van der Waals surface area (Å²) in [7, 11) is 0. The van der Waals surface area contributed by atoms with E-state index < -0.39 is 0 Å². The highest BCUT2D eigenvalue weighted by molar-refractivity contribution is 5.50. The Kier molecular flexibility index (Phi) is 2.50. The molecule has 1 nitrogen and oxygen atoms in total. The van der Waals surface area contributed by atoms with Crippen molar-refractivity contribution in [3.05, 3.63) is 12.2 Å². The standard InChI is InChI=1S/C13H20O/c1-13(2,5-6-14)9-12-8-10-3-4-11(12)7-10/h3-4,6,10-12H,5,7-9H2,1-2H3. The summed E-state index contributed by atoms with van der Waals surface area (Å²) in [4.78, 5) is 10.5. The lowest BCUT2D eigenvalue weighted by Crippen LogP contribution is -2.20. The normalized spacial score (nSPS) is 35.1. The first-order valence-electron chi connectivity index (χ1n) is 5.73. The maximum Gasteiger partial charge on any atom is 0.120 e. The molecule has 1 heteroatoms. The van der Waals surface area contributed by atoms with Crippen LogP contribution in [0.5, 0.6) is 0 Å².